The van der Waals surface area contributed by atoms with E-state index in [1.807, 2.05) is 25.2 Å². The number of nitrogens with zero attached hydrogens (tertiary/aromatic N) is 3. The summed E-state index contributed by atoms with van der Waals surface area (Å²) in [7, 11) is 3.56. The number of ether oxygens (including phenoxy) is 1. The average molecular weight is 278 g/mol. The second kappa shape index (κ2) is 4.34. The number of benzene rings is 2. The number of methoxy groups -OCH3 is 1. The van der Waals surface area contributed by atoms with E-state index >= 15 is 0 Å². The Bertz CT molecular complexity index is 951. The summed E-state index contributed by atoms with van der Waals surface area (Å²) in [5, 5.41) is 6.46. The van der Waals surface area contributed by atoms with E-state index in [4.69, 9.17) is 4.74 Å². The highest BCUT2D eigenvalue weighted by Gasteiger charge is 2.15. The third-order valence-electron chi connectivity index (χ3n) is 3.73. The molecule has 0 aliphatic rings. The van der Waals surface area contributed by atoms with Crippen LogP contribution in [0.4, 0.5) is 0 Å². The van der Waals surface area contributed by atoms with E-state index in [0.29, 0.717) is 0 Å². The maximum absolute atomic E-state index is 5.53. The number of aromatic amines is 1. The molecule has 0 fully saturated rings. The first kappa shape index (κ1) is 12.0. The zero-order chi connectivity index (χ0) is 14.4. The molecule has 0 aliphatic heterocycles. The van der Waals surface area contributed by atoms with Crippen LogP contribution in [0, 0.1) is 0 Å². The van der Waals surface area contributed by atoms with E-state index in [1.165, 1.54) is 0 Å². The van der Waals surface area contributed by atoms with Gasteiger partial charge in [0.05, 0.1) is 18.9 Å². The van der Waals surface area contributed by atoms with Gasteiger partial charge in [-0.25, -0.2) is 9.67 Å². The number of hydrogen-bond acceptors (Lipinski definition) is 3. The maximum Gasteiger partial charge on any atom is 0.176 e. The Hall–Kier alpha value is -2.82. The molecule has 21 heavy (non-hydrogen) atoms. The first-order valence-electron chi connectivity index (χ1n) is 6.72. The van der Waals surface area contributed by atoms with Gasteiger partial charge in [0.25, 0.3) is 0 Å². The molecular formula is C16H14N4O. The van der Waals surface area contributed by atoms with Crippen molar-refractivity contribution in [3.63, 3.8) is 0 Å². The first-order valence-corrected chi connectivity index (χ1v) is 6.72. The Morgan fingerprint density at radius 3 is 2.81 bits per heavy atom. The van der Waals surface area contributed by atoms with Crippen LogP contribution in [-0.4, -0.2) is 26.9 Å². The molecule has 4 rings (SSSR count). The van der Waals surface area contributed by atoms with Crippen LogP contribution in [0.2, 0.25) is 0 Å². The highest BCUT2D eigenvalue weighted by Crippen LogP contribution is 2.36. The Morgan fingerprint density at radius 1 is 1.14 bits per heavy atom. The van der Waals surface area contributed by atoms with Crippen LogP contribution in [0.5, 0.6) is 5.75 Å². The van der Waals surface area contributed by atoms with Crippen LogP contribution in [-0.2, 0) is 7.05 Å². The van der Waals surface area contributed by atoms with E-state index in [9.17, 15) is 0 Å². The van der Waals surface area contributed by atoms with Crippen LogP contribution in [0.25, 0.3) is 33.3 Å². The molecule has 4 aromatic rings. The van der Waals surface area contributed by atoms with Crippen molar-refractivity contribution in [1.29, 1.82) is 0 Å². The Morgan fingerprint density at radius 2 is 2.00 bits per heavy atom. The topological polar surface area (TPSA) is 55.7 Å². The second-order valence-corrected chi connectivity index (χ2v) is 4.95. The third-order valence-corrected chi connectivity index (χ3v) is 3.73. The van der Waals surface area contributed by atoms with Gasteiger partial charge in [-0.1, -0.05) is 30.3 Å². The molecule has 2 heterocycles. The predicted octanol–water partition coefficient (Wildman–Crippen LogP) is 3.13. The van der Waals surface area contributed by atoms with Gasteiger partial charge in [0.2, 0.25) is 0 Å². The van der Waals surface area contributed by atoms with Gasteiger partial charge >= 0.3 is 0 Å². The Labute approximate surface area is 121 Å². The van der Waals surface area contributed by atoms with E-state index < -0.39 is 0 Å². The van der Waals surface area contributed by atoms with Crippen LogP contribution < -0.4 is 4.74 Å². The molecule has 0 aliphatic carbocycles. The molecule has 1 N–H and O–H groups in total. The van der Waals surface area contributed by atoms with Crippen molar-refractivity contribution in [2.24, 2.45) is 7.05 Å². The largest absolute Gasteiger partial charge is 0.496 e. The molecule has 0 radical (unpaired) electrons. The molecule has 0 spiro atoms. The van der Waals surface area contributed by atoms with E-state index in [0.717, 1.165) is 39.1 Å². The smallest absolute Gasteiger partial charge is 0.176 e. The van der Waals surface area contributed by atoms with Crippen molar-refractivity contribution >= 4 is 21.9 Å². The lowest BCUT2D eigenvalue weighted by Crippen LogP contribution is -1.93. The normalized spacial score (nSPS) is 11.3. The summed E-state index contributed by atoms with van der Waals surface area (Å²) >= 11 is 0. The van der Waals surface area contributed by atoms with Crippen molar-refractivity contribution in [2.45, 2.75) is 0 Å². The lowest BCUT2D eigenvalue weighted by Gasteiger charge is -2.10. The number of rotatable bonds is 2. The summed E-state index contributed by atoms with van der Waals surface area (Å²) < 4.78 is 7.29. The molecule has 5 nitrogen and oxygen atoms in total. The highest BCUT2D eigenvalue weighted by molar-refractivity contribution is 5.99. The molecule has 0 saturated carbocycles. The fourth-order valence-corrected chi connectivity index (χ4v) is 2.70. The average Bonchev–Trinajstić information content (AvgIpc) is 3.08. The lowest BCUT2D eigenvalue weighted by molar-refractivity contribution is 0.416. The Balaban J connectivity index is 2.07. The SMILES string of the molecule is COc1ccc2ccccc2c1-c1nc2c(cnn2C)[nH]1. The van der Waals surface area contributed by atoms with Crippen molar-refractivity contribution in [2.75, 3.05) is 7.11 Å². The van der Waals surface area contributed by atoms with Gasteiger partial charge in [0.15, 0.2) is 5.65 Å². The fraction of sp³-hybridized carbons (Fsp3) is 0.125. The van der Waals surface area contributed by atoms with Gasteiger partial charge in [0, 0.05) is 7.05 Å². The number of aryl methyl sites for hydroxylation is 1. The number of fused-ring (bicyclic) bond motifs is 2. The number of hydrogen-bond donors (Lipinski definition) is 1. The van der Waals surface area contributed by atoms with Crippen LogP contribution >= 0.6 is 0 Å². The van der Waals surface area contributed by atoms with Gasteiger partial charge in [-0.3, -0.25) is 0 Å². The van der Waals surface area contributed by atoms with Crippen molar-refractivity contribution in [3.8, 4) is 17.1 Å². The highest BCUT2D eigenvalue weighted by atomic mass is 16.5. The maximum atomic E-state index is 5.53. The molecule has 0 atom stereocenters. The summed E-state index contributed by atoms with van der Waals surface area (Å²) in [4.78, 5) is 7.99. The first-order chi connectivity index (χ1) is 10.3. The minimum Gasteiger partial charge on any atom is -0.496 e. The molecule has 2 aromatic heterocycles. The number of imidazole rings is 1. The zero-order valence-electron chi connectivity index (χ0n) is 11.8. The Kier molecular flexibility index (Phi) is 2.47. The van der Waals surface area contributed by atoms with Gasteiger partial charge in [-0.05, 0) is 16.8 Å². The van der Waals surface area contributed by atoms with E-state index in [-0.39, 0.29) is 0 Å². The molecule has 2 aromatic carbocycles. The summed E-state index contributed by atoms with van der Waals surface area (Å²) in [6.45, 7) is 0. The minimum absolute atomic E-state index is 0.798. The fourth-order valence-electron chi connectivity index (χ4n) is 2.70. The third kappa shape index (κ3) is 1.71. The van der Waals surface area contributed by atoms with E-state index in [2.05, 4.69) is 33.3 Å². The second-order valence-electron chi connectivity index (χ2n) is 4.95. The van der Waals surface area contributed by atoms with Gasteiger partial charge in [-0.2, -0.15) is 5.10 Å². The van der Waals surface area contributed by atoms with Crippen molar-refractivity contribution < 1.29 is 4.74 Å². The van der Waals surface area contributed by atoms with Crippen LogP contribution in [0.15, 0.2) is 42.6 Å². The standard InChI is InChI=1S/C16H14N4O/c1-20-16-12(9-17-20)18-15(19-16)14-11-6-4-3-5-10(11)7-8-13(14)21-2/h3-9H,1-2H3,(H,18,19). The molecule has 5 heteroatoms. The van der Waals surface area contributed by atoms with Crippen LogP contribution in [0.1, 0.15) is 0 Å². The predicted molar refractivity (Wildman–Crippen MR) is 82.4 cm³/mol. The number of aromatic nitrogens is 4. The monoisotopic (exact) mass is 278 g/mol. The molecule has 104 valence electrons. The van der Waals surface area contributed by atoms with Crippen molar-refractivity contribution in [3.05, 3.63) is 42.6 Å². The van der Waals surface area contributed by atoms with Gasteiger partial charge in [-0.15, -0.1) is 0 Å². The van der Waals surface area contributed by atoms with Gasteiger partial charge in [0.1, 0.15) is 17.1 Å². The minimum atomic E-state index is 0.798. The number of nitrogens with one attached hydrogen (secondary N) is 1. The summed E-state index contributed by atoms with van der Waals surface area (Å²) in [5.41, 5.74) is 2.73. The van der Waals surface area contributed by atoms with Crippen molar-refractivity contribution in [1.82, 2.24) is 19.7 Å². The van der Waals surface area contributed by atoms with Gasteiger partial charge < -0.3 is 9.72 Å². The quantitative estimate of drug-likeness (QED) is 0.613. The summed E-state index contributed by atoms with van der Waals surface area (Å²) in [6, 6.07) is 12.3. The number of H-pyrrole nitrogens is 1. The van der Waals surface area contributed by atoms with Crippen LogP contribution in [0.3, 0.4) is 0 Å². The molecule has 0 saturated heterocycles. The molecule has 0 bridgehead atoms. The summed E-state index contributed by atoms with van der Waals surface area (Å²) in [5.74, 6) is 1.60. The lowest BCUT2D eigenvalue weighted by atomic mass is 10.0. The zero-order valence-corrected chi connectivity index (χ0v) is 11.8. The summed E-state index contributed by atoms with van der Waals surface area (Å²) in [6.07, 6.45) is 1.78. The molecular weight excluding hydrogens is 264 g/mol. The van der Waals surface area contributed by atoms with E-state index in [1.54, 1.807) is 18.0 Å². The molecule has 0 unspecified atom stereocenters. The molecule has 0 amide bonds.